The molecular formula is C9H16N2OS. The van der Waals surface area contributed by atoms with Gasteiger partial charge in [-0.15, -0.1) is 11.3 Å². The molecule has 0 aliphatic carbocycles. The normalized spacial score (nSPS) is 13.2. The van der Waals surface area contributed by atoms with Gasteiger partial charge in [0.1, 0.15) is 5.01 Å². The Labute approximate surface area is 82.8 Å². The van der Waals surface area contributed by atoms with Gasteiger partial charge in [0, 0.05) is 11.4 Å². The van der Waals surface area contributed by atoms with Crippen molar-refractivity contribution in [2.45, 2.75) is 26.8 Å². The molecule has 3 nitrogen and oxygen atoms in total. The zero-order valence-corrected chi connectivity index (χ0v) is 9.11. The van der Waals surface area contributed by atoms with Gasteiger partial charge in [0.15, 0.2) is 0 Å². The molecule has 0 saturated heterocycles. The minimum absolute atomic E-state index is 0.174. The van der Waals surface area contributed by atoms with E-state index in [0.717, 1.165) is 10.7 Å². The predicted molar refractivity (Wildman–Crippen MR) is 55.1 cm³/mol. The molecule has 1 unspecified atom stereocenters. The first-order valence-electron chi connectivity index (χ1n) is 4.43. The number of thiazole rings is 1. The zero-order chi connectivity index (χ0) is 9.84. The topological polar surface area (TPSA) is 45.2 Å². The Balaban J connectivity index is 2.60. The lowest BCUT2D eigenvalue weighted by Gasteiger charge is -2.08. The SMILES string of the molecule is Cc1nc(C(C)NCCO)sc1C. The molecule has 1 aromatic rings. The van der Waals surface area contributed by atoms with E-state index in [9.17, 15) is 0 Å². The van der Waals surface area contributed by atoms with E-state index in [-0.39, 0.29) is 12.6 Å². The Morgan fingerprint density at radius 2 is 2.23 bits per heavy atom. The van der Waals surface area contributed by atoms with Crippen molar-refractivity contribution in [2.24, 2.45) is 0 Å². The summed E-state index contributed by atoms with van der Waals surface area (Å²) in [5.41, 5.74) is 1.11. The van der Waals surface area contributed by atoms with E-state index in [1.165, 1.54) is 4.88 Å². The van der Waals surface area contributed by atoms with Gasteiger partial charge in [-0.2, -0.15) is 0 Å². The summed E-state index contributed by atoms with van der Waals surface area (Å²) in [4.78, 5) is 5.71. The highest BCUT2D eigenvalue weighted by atomic mass is 32.1. The Hall–Kier alpha value is -0.450. The molecule has 0 fully saturated rings. The lowest BCUT2D eigenvalue weighted by atomic mass is 10.3. The molecule has 0 aromatic carbocycles. The summed E-state index contributed by atoms with van der Waals surface area (Å²) in [6, 6.07) is 0.240. The van der Waals surface area contributed by atoms with Gasteiger partial charge in [-0.1, -0.05) is 0 Å². The molecule has 2 N–H and O–H groups in total. The lowest BCUT2D eigenvalue weighted by Crippen LogP contribution is -2.21. The summed E-state index contributed by atoms with van der Waals surface area (Å²) < 4.78 is 0. The fourth-order valence-corrected chi connectivity index (χ4v) is 2.00. The number of aryl methyl sites for hydroxylation is 2. The maximum atomic E-state index is 8.64. The third-order valence-electron chi connectivity index (χ3n) is 1.98. The minimum Gasteiger partial charge on any atom is -0.395 e. The van der Waals surface area contributed by atoms with Crippen LogP contribution in [-0.4, -0.2) is 23.2 Å². The van der Waals surface area contributed by atoms with Crippen LogP contribution in [0.25, 0.3) is 0 Å². The standard InChI is InChI=1S/C9H16N2OS/c1-6-8(3)13-9(11-6)7(2)10-4-5-12/h7,10,12H,4-5H2,1-3H3. The molecular weight excluding hydrogens is 184 g/mol. The van der Waals surface area contributed by atoms with Crippen LogP contribution in [0.15, 0.2) is 0 Å². The zero-order valence-electron chi connectivity index (χ0n) is 8.29. The molecule has 0 spiro atoms. The van der Waals surface area contributed by atoms with Crippen LogP contribution < -0.4 is 5.32 Å². The summed E-state index contributed by atoms with van der Waals surface area (Å²) in [7, 11) is 0. The number of hydrogen-bond acceptors (Lipinski definition) is 4. The average Bonchev–Trinajstić information content (AvgIpc) is 2.43. The van der Waals surface area contributed by atoms with E-state index >= 15 is 0 Å². The quantitative estimate of drug-likeness (QED) is 0.772. The van der Waals surface area contributed by atoms with Crippen molar-refractivity contribution in [3.63, 3.8) is 0 Å². The third kappa shape index (κ3) is 2.76. The Morgan fingerprint density at radius 3 is 2.69 bits per heavy atom. The van der Waals surface area contributed by atoms with Crippen LogP contribution in [0.4, 0.5) is 0 Å². The van der Waals surface area contributed by atoms with Gasteiger partial charge in [-0.3, -0.25) is 0 Å². The first-order chi connectivity index (χ1) is 6.15. The van der Waals surface area contributed by atoms with Crippen LogP contribution in [0.3, 0.4) is 0 Å². The maximum absolute atomic E-state index is 8.64. The van der Waals surface area contributed by atoms with Gasteiger partial charge in [0.05, 0.1) is 18.3 Å². The van der Waals surface area contributed by atoms with E-state index in [2.05, 4.69) is 24.1 Å². The van der Waals surface area contributed by atoms with Crippen molar-refractivity contribution in [3.8, 4) is 0 Å². The Kier molecular flexibility index (Phi) is 3.84. The second-order valence-electron chi connectivity index (χ2n) is 3.09. The Bertz CT molecular complexity index is 253. The van der Waals surface area contributed by atoms with E-state index in [1.807, 2.05) is 6.92 Å². The van der Waals surface area contributed by atoms with Gasteiger partial charge in [0.2, 0.25) is 0 Å². The molecule has 0 aliphatic heterocycles. The van der Waals surface area contributed by atoms with Crippen LogP contribution >= 0.6 is 11.3 Å². The largest absolute Gasteiger partial charge is 0.395 e. The van der Waals surface area contributed by atoms with Crippen molar-refractivity contribution in [1.82, 2.24) is 10.3 Å². The van der Waals surface area contributed by atoms with Crippen LogP contribution in [0, 0.1) is 13.8 Å². The highest BCUT2D eigenvalue weighted by Crippen LogP contribution is 2.21. The summed E-state index contributed by atoms with van der Waals surface area (Å²) in [6.07, 6.45) is 0. The minimum atomic E-state index is 0.174. The van der Waals surface area contributed by atoms with E-state index in [0.29, 0.717) is 6.54 Å². The molecule has 1 rings (SSSR count). The highest BCUT2D eigenvalue weighted by Gasteiger charge is 2.10. The van der Waals surface area contributed by atoms with Gasteiger partial charge in [0.25, 0.3) is 0 Å². The summed E-state index contributed by atoms with van der Waals surface area (Å²) >= 11 is 1.72. The molecule has 74 valence electrons. The third-order valence-corrected chi connectivity index (χ3v) is 3.23. The fourth-order valence-electron chi connectivity index (χ4n) is 1.05. The van der Waals surface area contributed by atoms with Gasteiger partial charge in [-0.05, 0) is 20.8 Å². The van der Waals surface area contributed by atoms with Crippen LogP contribution in [0.1, 0.15) is 28.5 Å². The van der Waals surface area contributed by atoms with Crippen molar-refractivity contribution < 1.29 is 5.11 Å². The number of aliphatic hydroxyl groups is 1. The van der Waals surface area contributed by atoms with Crippen molar-refractivity contribution in [2.75, 3.05) is 13.2 Å². The molecule has 4 heteroatoms. The molecule has 1 aromatic heterocycles. The summed E-state index contributed by atoms with van der Waals surface area (Å²) in [6.45, 7) is 6.96. The van der Waals surface area contributed by atoms with E-state index in [4.69, 9.17) is 5.11 Å². The van der Waals surface area contributed by atoms with Gasteiger partial charge in [-0.25, -0.2) is 4.98 Å². The second-order valence-corrected chi connectivity index (χ2v) is 4.33. The Morgan fingerprint density at radius 1 is 1.54 bits per heavy atom. The van der Waals surface area contributed by atoms with E-state index < -0.39 is 0 Å². The molecule has 0 amide bonds. The maximum Gasteiger partial charge on any atom is 0.110 e. The van der Waals surface area contributed by atoms with Crippen LogP contribution in [0.5, 0.6) is 0 Å². The van der Waals surface area contributed by atoms with Crippen molar-refractivity contribution in [3.05, 3.63) is 15.6 Å². The highest BCUT2D eigenvalue weighted by molar-refractivity contribution is 7.11. The summed E-state index contributed by atoms with van der Waals surface area (Å²) in [5.74, 6) is 0. The fraction of sp³-hybridized carbons (Fsp3) is 0.667. The number of hydrogen-bond donors (Lipinski definition) is 2. The molecule has 1 heterocycles. The second kappa shape index (κ2) is 4.69. The molecule has 0 saturated carbocycles. The van der Waals surface area contributed by atoms with Gasteiger partial charge < -0.3 is 10.4 Å². The number of aromatic nitrogens is 1. The smallest absolute Gasteiger partial charge is 0.110 e. The first kappa shape index (κ1) is 10.6. The molecule has 0 bridgehead atoms. The number of nitrogens with zero attached hydrogens (tertiary/aromatic N) is 1. The molecule has 0 radical (unpaired) electrons. The van der Waals surface area contributed by atoms with E-state index in [1.54, 1.807) is 11.3 Å². The summed E-state index contributed by atoms with van der Waals surface area (Å²) in [5, 5.41) is 12.9. The van der Waals surface area contributed by atoms with Crippen molar-refractivity contribution in [1.29, 1.82) is 0 Å². The average molecular weight is 200 g/mol. The number of rotatable bonds is 4. The first-order valence-corrected chi connectivity index (χ1v) is 5.25. The number of nitrogens with one attached hydrogen (secondary N) is 1. The van der Waals surface area contributed by atoms with Crippen LogP contribution in [0.2, 0.25) is 0 Å². The van der Waals surface area contributed by atoms with Crippen molar-refractivity contribution >= 4 is 11.3 Å². The lowest BCUT2D eigenvalue weighted by molar-refractivity contribution is 0.286. The molecule has 13 heavy (non-hydrogen) atoms. The van der Waals surface area contributed by atoms with Crippen LogP contribution in [-0.2, 0) is 0 Å². The molecule has 0 aliphatic rings. The molecule has 1 atom stereocenters. The number of aliphatic hydroxyl groups excluding tert-OH is 1. The predicted octanol–water partition coefficient (Wildman–Crippen LogP) is 1.40. The van der Waals surface area contributed by atoms with Gasteiger partial charge >= 0.3 is 0 Å². The monoisotopic (exact) mass is 200 g/mol.